The molecule has 1 atom stereocenters. The van der Waals surface area contributed by atoms with E-state index in [0.29, 0.717) is 17.5 Å². The smallest absolute Gasteiger partial charge is 0.276 e. The van der Waals surface area contributed by atoms with E-state index < -0.39 is 0 Å². The minimum absolute atomic E-state index is 0.696. The molecule has 5 heteroatoms. The van der Waals surface area contributed by atoms with Crippen LogP contribution in [0.15, 0.2) is 40.0 Å². The van der Waals surface area contributed by atoms with Crippen molar-refractivity contribution >= 4 is 11.8 Å². The molecule has 0 spiro atoms. The summed E-state index contributed by atoms with van der Waals surface area (Å²) < 4.78 is 5.71. The Bertz CT molecular complexity index is 558. The number of likely N-dealkylation sites (tertiary alicyclic amines) is 1. The maximum atomic E-state index is 5.71. The molecule has 0 saturated carbocycles. The van der Waals surface area contributed by atoms with E-state index in [1.54, 1.807) is 11.8 Å². The molecule has 1 aromatic carbocycles. The molecule has 112 valence electrons. The molecule has 1 aliphatic rings. The number of thioether (sulfide) groups is 1. The van der Waals surface area contributed by atoms with E-state index in [1.165, 1.54) is 31.4 Å². The third-order valence-corrected chi connectivity index (χ3v) is 4.85. The van der Waals surface area contributed by atoms with Gasteiger partial charge in [-0.25, -0.2) is 0 Å². The molecule has 0 unspecified atom stereocenters. The third-order valence-electron chi connectivity index (χ3n) is 3.99. The van der Waals surface area contributed by atoms with Crippen LogP contribution in [-0.2, 0) is 6.42 Å². The van der Waals surface area contributed by atoms with Gasteiger partial charge in [-0.05, 0) is 38.4 Å². The van der Waals surface area contributed by atoms with Gasteiger partial charge in [0.1, 0.15) is 0 Å². The van der Waals surface area contributed by atoms with Crippen LogP contribution in [0.4, 0.5) is 0 Å². The monoisotopic (exact) mass is 303 g/mol. The van der Waals surface area contributed by atoms with Gasteiger partial charge in [0.05, 0.1) is 6.42 Å². The first kappa shape index (κ1) is 14.6. The molecule has 4 nitrogen and oxygen atoms in total. The SMILES string of the molecule is CN1CCC[C@@H]1CCSc1nnc(Cc2ccccc2)o1. The van der Waals surface area contributed by atoms with Crippen LogP contribution in [0, 0.1) is 0 Å². The second kappa shape index (κ2) is 7.09. The second-order valence-corrected chi connectivity index (χ2v) is 6.58. The lowest BCUT2D eigenvalue weighted by atomic mass is 10.2. The van der Waals surface area contributed by atoms with Gasteiger partial charge in [-0.2, -0.15) is 0 Å². The van der Waals surface area contributed by atoms with Crippen LogP contribution in [0.1, 0.15) is 30.7 Å². The van der Waals surface area contributed by atoms with Crippen LogP contribution >= 0.6 is 11.8 Å². The third kappa shape index (κ3) is 4.08. The van der Waals surface area contributed by atoms with Crippen molar-refractivity contribution in [2.45, 2.75) is 36.9 Å². The van der Waals surface area contributed by atoms with E-state index in [2.05, 4.69) is 34.3 Å². The predicted octanol–water partition coefficient (Wildman–Crippen LogP) is 3.24. The van der Waals surface area contributed by atoms with Crippen LogP contribution in [0.5, 0.6) is 0 Å². The van der Waals surface area contributed by atoms with Crippen molar-refractivity contribution < 1.29 is 4.42 Å². The normalized spacial score (nSPS) is 19.2. The summed E-state index contributed by atoms with van der Waals surface area (Å²) in [5.41, 5.74) is 1.20. The number of hydrogen-bond acceptors (Lipinski definition) is 5. The van der Waals surface area contributed by atoms with Crippen molar-refractivity contribution in [2.75, 3.05) is 19.3 Å². The van der Waals surface area contributed by atoms with Crippen molar-refractivity contribution in [2.24, 2.45) is 0 Å². The highest BCUT2D eigenvalue weighted by molar-refractivity contribution is 7.99. The minimum atomic E-state index is 0.696. The van der Waals surface area contributed by atoms with E-state index in [1.807, 2.05) is 18.2 Å². The van der Waals surface area contributed by atoms with Crippen molar-refractivity contribution in [1.29, 1.82) is 0 Å². The average Bonchev–Trinajstić information content (AvgIpc) is 3.10. The first-order chi connectivity index (χ1) is 10.3. The first-order valence-electron chi connectivity index (χ1n) is 7.50. The molecule has 0 radical (unpaired) electrons. The summed E-state index contributed by atoms with van der Waals surface area (Å²) in [6, 6.07) is 10.9. The van der Waals surface area contributed by atoms with Gasteiger partial charge in [-0.15, -0.1) is 10.2 Å². The average molecular weight is 303 g/mol. The van der Waals surface area contributed by atoms with Crippen molar-refractivity contribution in [3.63, 3.8) is 0 Å². The lowest BCUT2D eigenvalue weighted by molar-refractivity contribution is 0.305. The quantitative estimate of drug-likeness (QED) is 0.766. The Morgan fingerprint density at radius 3 is 2.90 bits per heavy atom. The Morgan fingerprint density at radius 2 is 2.14 bits per heavy atom. The largest absolute Gasteiger partial charge is 0.416 e. The Morgan fingerprint density at radius 1 is 1.29 bits per heavy atom. The van der Waals surface area contributed by atoms with Gasteiger partial charge in [0.25, 0.3) is 5.22 Å². The maximum absolute atomic E-state index is 5.71. The van der Waals surface area contributed by atoms with Gasteiger partial charge in [0.2, 0.25) is 5.89 Å². The summed E-state index contributed by atoms with van der Waals surface area (Å²) in [5, 5.41) is 8.95. The van der Waals surface area contributed by atoms with Crippen LogP contribution < -0.4 is 0 Å². The molecule has 21 heavy (non-hydrogen) atoms. The standard InChI is InChI=1S/C16H21N3OS/c1-19-10-5-8-14(19)9-11-21-16-18-17-15(20-16)12-13-6-3-2-4-7-13/h2-4,6-7,14H,5,8-12H2,1H3/t14-/m1/s1. The molecule has 1 saturated heterocycles. The fraction of sp³-hybridized carbons (Fsp3) is 0.500. The second-order valence-electron chi connectivity index (χ2n) is 5.54. The van der Waals surface area contributed by atoms with E-state index in [4.69, 9.17) is 4.42 Å². The number of rotatable bonds is 6. The van der Waals surface area contributed by atoms with Crippen LogP contribution in [0.3, 0.4) is 0 Å². The molecule has 3 rings (SSSR count). The Labute approximate surface area is 129 Å². The van der Waals surface area contributed by atoms with E-state index >= 15 is 0 Å². The van der Waals surface area contributed by atoms with Gasteiger partial charge in [0, 0.05) is 11.8 Å². The molecule has 1 fully saturated rings. The summed E-state index contributed by atoms with van der Waals surface area (Å²) >= 11 is 1.67. The van der Waals surface area contributed by atoms with Crippen molar-refractivity contribution in [3.05, 3.63) is 41.8 Å². The van der Waals surface area contributed by atoms with Gasteiger partial charge >= 0.3 is 0 Å². The molecule has 2 heterocycles. The highest BCUT2D eigenvalue weighted by atomic mass is 32.2. The summed E-state index contributed by atoms with van der Waals surface area (Å²) in [5.74, 6) is 1.74. The first-order valence-corrected chi connectivity index (χ1v) is 8.49. The molecule has 1 aromatic heterocycles. The highest BCUT2D eigenvalue weighted by Gasteiger charge is 2.20. The molecule has 0 N–H and O–H groups in total. The van der Waals surface area contributed by atoms with E-state index in [0.717, 1.165) is 11.8 Å². The Balaban J connectivity index is 1.46. The minimum Gasteiger partial charge on any atom is -0.416 e. The molecular weight excluding hydrogens is 282 g/mol. The Kier molecular flexibility index (Phi) is 4.93. The van der Waals surface area contributed by atoms with Crippen molar-refractivity contribution in [3.8, 4) is 0 Å². The molecule has 0 amide bonds. The van der Waals surface area contributed by atoms with Gasteiger partial charge in [-0.1, -0.05) is 42.1 Å². The van der Waals surface area contributed by atoms with E-state index in [9.17, 15) is 0 Å². The fourth-order valence-electron chi connectivity index (χ4n) is 2.76. The zero-order valence-electron chi connectivity index (χ0n) is 12.4. The predicted molar refractivity (Wildman–Crippen MR) is 84.5 cm³/mol. The molecule has 2 aromatic rings. The maximum Gasteiger partial charge on any atom is 0.276 e. The van der Waals surface area contributed by atoms with Crippen LogP contribution in [0.25, 0.3) is 0 Å². The molecular formula is C16H21N3OS. The molecule has 0 aliphatic carbocycles. The topological polar surface area (TPSA) is 42.2 Å². The zero-order chi connectivity index (χ0) is 14.5. The summed E-state index contributed by atoms with van der Waals surface area (Å²) in [7, 11) is 2.22. The number of benzene rings is 1. The van der Waals surface area contributed by atoms with Gasteiger partial charge in [-0.3, -0.25) is 0 Å². The van der Waals surface area contributed by atoms with Gasteiger partial charge < -0.3 is 9.32 Å². The van der Waals surface area contributed by atoms with E-state index in [-0.39, 0.29) is 0 Å². The molecule has 0 bridgehead atoms. The number of hydrogen-bond donors (Lipinski definition) is 0. The zero-order valence-corrected chi connectivity index (χ0v) is 13.2. The Hall–Kier alpha value is -1.33. The number of nitrogens with zero attached hydrogens (tertiary/aromatic N) is 3. The van der Waals surface area contributed by atoms with Crippen molar-refractivity contribution in [1.82, 2.24) is 15.1 Å². The summed E-state index contributed by atoms with van der Waals surface area (Å²) in [6.07, 6.45) is 4.55. The lowest BCUT2D eigenvalue weighted by Gasteiger charge is -2.18. The summed E-state index contributed by atoms with van der Waals surface area (Å²) in [6.45, 7) is 1.23. The van der Waals surface area contributed by atoms with Gasteiger partial charge in [0.15, 0.2) is 0 Å². The van der Waals surface area contributed by atoms with Crippen LogP contribution in [-0.4, -0.2) is 40.5 Å². The highest BCUT2D eigenvalue weighted by Crippen LogP contribution is 2.23. The molecule has 1 aliphatic heterocycles. The summed E-state index contributed by atoms with van der Waals surface area (Å²) in [4.78, 5) is 2.45. The fourth-order valence-corrected chi connectivity index (χ4v) is 3.58. The van der Waals surface area contributed by atoms with Crippen LogP contribution in [0.2, 0.25) is 0 Å². The number of aromatic nitrogens is 2. The lowest BCUT2D eigenvalue weighted by Crippen LogP contribution is -2.25.